The summed E-state index contributed by atoms with van der Waals surface area (Å²) in [4.78, 5) is 13.5. The Morgan fingerprint density at radius 2 is 1.68 bits per heavy atom. The van der Waals surface area contributed by atoms with Crippen molar-refractivity contribution in [3.8, 4) is 0 Å². The molecule has 0 amide bonds. The van der Waals surface area contributed by atoms with E-state index in [2.05, 4.69) is 38.0 Å². The molecule has 1 aromatic carbocycles. The van der Waals surface area contributed by atoms with E-state index in [1.165, 1.54) is 18.4 Å². The number of hydrogen-bond donors (Lipinski definition) is 1. The topological polar surface area (TPSA) is 52.5 Å². The highest BCUT2D eigenvalue weighted by molar-refractivity contribution is 6.30. The summed E-state index contributed by atoms with van der Waals surface area (Å²) in [7, 11) is 0. The third-order valence-corrected chi connectivity index (χ3v) is 5.62. The molecular weight excluding hydrogens is 336 g/mol. The number of hydrogen-bond acceptors (Lipinski definition) is 5. The van der Waals surface area contributed by atoms with Crippen molar-refractivity contribution < 1.29 is 5.11 Å². The van der Waals surface area contributed by atoms with Gasteiger partial charge >= 0.3 is 0 Å². The van der Waals surface area contributed by atoms with Gasteiger partial charge in [0.2, 0.25) is 0 Å². The van der Waals surface area contributed by atoms with Crippen molar-refractivity contribution in [2.45, 2.75) is 18.8 Å². The summed E-state index contributed by atoms with van der Waals surface area (Å²) in [5, 5.41) is 10.6. The molecule has 1 aromatic heterocycles. The van der Waals surface area contributed by atoms with Crippen molar-refractivity contribution in [3.05, 3.63) is 47.2 Å². The van der Waals surface area contributed by atoms with E-state index in [1.807, 2.05) is 12.1 Å². The predicted molar refractivity (Wildman–Crippen MR) is 100 cm³/mol. The largest absolute Gasteiger partial charge is 0.396 e. The van der Waals surface area contributed by atoms with Gasteiger partial charge in [-0.15, -0.1) is 0 Å². The fraction of sp³-hybridized carbons (Fsp3) is 0.474. The molecule has 2 saturated heterocycles. The zero-order chi connectivity index (χ0) is 17.2. The van der Waals surface area contributed by atoms with Gasteiger partial charge in [-0.25, -0.2) is 9.97 Å². The van der Waals surface area contributed by atoms with E-state index < -0.39 is 0 Å². The second-order valence-electron chi connectivity index (χ2n) is 6.93. The molecule has 0 spiro atoms. The van der Waals surface area contributed by atoms with E-state index in [9.17, 15) is 5.11 Å². The van der Waals surface area contributed by atoms with E-state index in [0.29, 0.717) is 0 Å². The molecule has 0 unspecified atom stereocenters. The summed E-state index contributed by atoms with van der Waals surface area (Å²) < 4.78 is 0. The van der Waals surface area contributed by atoms with Gasteiger partial charge in [0.1, 0.15) is 18.0 Å². The number of benzene rings is 1. The molecule has 2 atom stereocenters. The Labute approximate surface area is 153 Å². The Morgan fingerprint density at radius 1 is 1.00 bits per heavy atom. The van der Waals surface area contributed by atoms with Crippen LogP contribution in [0.5, 0.6) is 0 Å². The third kappa shape index (κ3) is 3.44. The lowest BCUT2D eigenvalue weighted by Gasteiger charge is -2.21. The van der Waals surface area contributed by atoms with Crippen LogP contribution in [-0.2, 0) is 0 Å². The Bertz CT molecular complexity index is 718. The summed E-state index contributed by atoms with van der Waals surface area (Å²) in [6, 6.07) is 10.1. The van der Waals surface area contributed by atoms with Gasteiger partial charge in [0.15, 0.2) is 0 Å². The van der Waals surface area contributed by atoms with Gasteiger partial charge in [-0.2, -0.15) is 0 Å². The fourth-order valence-corrected chi connectivity index (χ4v) is 4.09. The van der Waals surface area contributed by atoms with Crippen LogP contribution >= 0.6 is 11.6 Å². The predicted octanol–water partition coefficient (Wildman–Crippen LogP) is 2.94. The lowest BCUT2D eigenvalue weighted by molar-refractivity contribution is 0.227. The van der Waals surface area contributed by atoms with Crippen LogP contribution in [0.15, 0.2) is 36.7 Å². The minimum absolute atomic E-state index is 0.174. The SMILES string of the molecule is OC[C@@H]1CN(c2cc(N3CCCC3)ncn2)C[C@H]1c1ccc(Cl)cc1. The van der Waals surface area contributed by atoms with Crippen LogP contribution < -0.4 is 9.80 Å². The van der Waals surface area contributed by atoms with Gasteiger partial charge in [-0.3, -0.25) is 0 Å². The molecule has 2 aromatic rings. The van der Waals surface area contributed by atoms with Crippen LogP contribution in [-0.4, -0.2) is 47.9 Å². The Hall–Kier alpha value is -1.85. The van der Waals surface area contributed by atoms with Crippen molar-refractivity contribution >= 4 is 23.2 Å². The average Bonchev–Trinajstić information content (AvgIpc) is 3.32. The number of aliphatic hydroxyl groups is 1. The van der Waals surface area contributed by atoms with Gasteiger partial charge in [-0.1, -0.05) is 23.7 Å². The first-order valence-electron chi connectivity index (χ1n) is 8.93. The number of rotatable bonds is 4. The lowest BCUT2D eigenvalue weighted by atomic mass is 9.90. The Morgan fingerprint density at radius 3 is 2.36 bits per heavy atom. The first-order valence-corrected chi connectivity index (χ1v) is 9.30. The van der Waals surface area contributed by atoms with Gasteiger partial charge in [0, 0.05) is 55.7 Å². The van der Waals surface area contributed by atoms with Crippen LogP contribution in [0.4, 0.5) is 11.6 Å². The Kier molecular flexibility index (Phi) is 4.77. The molecule has 0 saturated carbocycles. The molecule has 6 heteroatoms. The molecule has 5 nitrogen and oxygen atoms in total. The summed E-state index contributed by atoms with van der Waals surface area (Å²) in [5.74, 6) is 2.45. The van der Waals surface area contributed by atoms with Gasteiger partial charge < -0.3 is 14.9 Å². The maximum absolute atomic E-state index is 9.85. The zero-order valence-electron chi connectivity index (χ0n) is 14.2. The molecular formula is C19H23ClN4O. The third-order valence-electron chi connectivity index (χ3n) is 5.37. The Balaban J connectivity index is 1.55. The molecule has 25 heavy (non-hydrogen) atoms. The second kappa shape index (κ2) is 7.18. The zero-order valence-corrected chi connectivity index (χ0v) is 14.9. The standard InChI is InChI=1S/C19H23ClN4O/c20-16-5-3-14(4-6-16)17-11-24(10-15(17)12-25)19-9-18(21-13-22-19)23-7-1-2-8-23/h3-6,9,13,15,17,25H,1-2,7-8,10-12H2/t15-,17-/m0/s1. The van der Waals surface area contributed by atoms with Crippen molar-refractivity contribution in [2.24, 2.45) is 5.92 Å². The summed E-state index contributed by atoms with van der Waals surface area (Å²) in [6.07, 6.45) is 4.12. The van der Waals surface area contributed by atoms with Crippen LogP contribution in [0.2, 0.25) is 5.02 Å². The molecule has 2 aliphatic rings. The van der Waals surface area contributed by atoms with E-state index in [4.69, 9.17) is 11.6 Å². The fourth-order valence-electron chi connectivity index (χ4n) is 3.96. The van der Waals surface area contributed by atoms with Crippen molar-refractivity contribution in [2.75, 3.05) is 42.6 Å². The highest BCUT2D eigenvalue weighted by Crippen LogP contribution is 2.35. The number of aliphatic hydroxyl groups excluding tert-OH is 1. The quantitative estimate of drug-likeness (QED) is 0.910. The maximum Gasteiger partial charge on any atom is 0.134 e. The van der Waals surface area contributed by atoms with E-state index in [-0.39, 0.29) is 18.4 Å². The van der Waals surface area contributed by atoms with Crippen LogP contribution in [0.1, 0.15) is 24.3 Å². The number of aromatic nitrogens is 2. The van der Waals surface area contributed by atoms with Crippen LogP contribution in [0.25, 0.3) is 0 Å². The van der Waals surface area contributed by atoms with Crippen LogP contribution in [0, 0.1) is 5.92 Å². The normalized spacial score (nSPS) is 23.4. The van der Waals surface area contributed by atoms with E-state index >= 15 is 0 Å². The molecule has 132 valence electrons. The number of nitrogens with zero attached hydrogens (tertiary/aromatic N) is 4. The van der Waals surface area contributed by atoms with Gasteiger partial charge in [0.25, 0.3) is 0 Å². The molecule has 0 bridgehead atoms. The van der Waals surface area contributed by atoms with E-state index in [1.54, 1.807) is 6.33 Å². The van der Waals surface area contributed by atoms with E-state index in [0.717, 1.165) is 42.8 Å². The molecule has 4 rings (SSSR count). The molecule has 0 radical (unpaired) electrons. The van der Waals surface area contributed by atoms with Crippen molar-refractivity contribution in [1.29, 1.82) is 0 Å². The number of anilines is 2. The monoisotopic (exact) mass is 358 g/mol. The van der Waals surface area contributed by atoms with Crippen molar-refractivity contribution in [1.82, 2.24) is 9.97 Å². The highest BCUT2D eigenvalue weighted by atomic mass is 35.5. The molecule has 2 aliphatic heterocycles. The second-order valence-corrected chi connectivity index (χ2v) is 7.37. The van der Waals surface area contributed by atoms with Gasteiger partial charge in [0.05, 0.1) is 0 Å². The average molecular weight is 359 g/mol. The smallest absolute Gasteiger partial charge is 0.134 e. The summed E-state index contributed by atoms with van der Waals surface area (Å²) in [5.41, 5.74) is 1.22. The minimum atomic E-state index is 0.174. The first-order chi connectivity index (χ1) is 12.2. The maximum atomic E-state index is 9.85. The molecule has 0 aliphatic carbocycles. The number of halogens is 1. The molecule has 2 fully saturated rings. The lowest BCUT2D eigenvalue weighted by Crippen LogP contribution is -2.24. The highest BCUT2D eigenvalue weighted by Gasteiger charge is 2.34. The summed E-state index contributed by atoms with van der Waals surface area (Å²) >= 11 is 6.01. The summed E-state index contributed by atoms with van der Waals surface area (Å²) in [6.45, 7) is 3.98. The molecule has 3 heterocycles. The van der Waals surface area contributed by atoms with Crippen molar-refractivity contribution in [3.63, 3.8) is 0 Å². The van der Waals surface area contributed by atoms with Gasteiger partial charge in [-0.05, 0) is 30.5 Å². The molecule has 1 N–H and O–H groups in total. The van der Waals surface area contributed by atoms with Crippen LogP contribution in [0.3, 0.4) is 0 Å². The first kappa shape index (κ1) is 16.6. The minimum Gasteiger partial charge on any atom is -0.396 e.